The molecule has 1 aliphatic carbocycles. The van der Waals surface area contributed by atoms with E-state index in [1.54, 1.807) is 23.1 Å². The van der Waals surface area contributed by atoms with Crippen LogP contribution in [0.3, 0.4) is 0 Å². The molecule has 9 heteroatoms. The van der Waals surface area contributed by atoms with Gasteiger partial charge in [-0.3, -0.25) is 9.59 Å². The van der Waals surface area contributed by atoms with Gasteiger partial charge in [-0.15, -0.1) is 0 Å². The Balaban J connectivity index is 1.03. The van der Waals surface area contributed by atoms with Crippen molar-refractivity contribution < 1.29 is 28.8 Å². The first-order valence-electron chi connectivity index (χ1n) is 13.3. The van der Waals surface area contributed by atoms with Crippen molar-refractivity contribution in [2.24, 2.45) is 0 Å². The van der Waals surface area contributed by atoms with E-state index in [0.717, 1.165) is 27.8 Å². The van der Waals surface area contributed by atoms with E-state index in [1.807, 2.05) is 24.3 Å². The summed E-state index contributed by atoms with van der Waals surface area (Å²) < 4.78 is 5.80. The van der Waals surface area contributed by atoms with Crippen LogP contribution < -0.4 is 0 Å². The Morgan fingerprint density at radius 1 is 0.780 bits per heavy atom. The van der Waals surface area contributed by atoms with Gasteiger partial charge in [-0.05, 0) is 52.4 Å². The maximum atomic E-state index is 13.1. The zero-order chi connectivity index (χ0) is 28.1. The summed E-state index contributed by atoms with van der Waals surface area (Å²) in [6.07, 6.45) is 0.0820. The molecule has 7 rings (SSSR count). The Morgan fingerprint density at radius 2 is 1.37 bits per heavy atom. The summed E-state index contributed by atoms with van der Waals surface area (Å²) in [4.78, 5) is 62.2. The minimum atomic E-state index is -0.944. The first-order valence-corrected chi connectivity index (χ1v) is 13.3. The van der Waals surface area contributed by atoms with Gasteiger partial charge < -0.3 is 14.5 Å². The Hall–Kier alpha value is -5.31. The van der Waals surface area contributed by atoms with Crippen LogP contribution in [0.4, 0.5) is 4.79 Å². The SMILES string of the molecule is O=C(ON1C(=O)c2ccccc2C1=O)c1ccc2c(n1)CN(C(=O)OCC1c3ccccc3-c3ccccc31)CC2. The lowest BCUT2D eigenvalue weighted by molar-refractivity contribution is -0.0588. The number of carbonyl (C=O) groups excluding carboxylic acids is 4. The molecule has 4 aromatic rings. The Bertz CT molecular complexity index is 1690. The fourth-order valence-electron chi connectivity index (χ4n) is 5.74. The zero-order valence-electron chi connectivity index (χ0n) is 21.8. The van der Waals surface area contributed by atoms with Crippen LogP contribution >= 0.6 is 0 Å². The predicted molar refractivity (Wildman–Crippen MR) is 146 cm³/mol. The summed E-state index contributed by atoms with van der Waals surface area (Å²) in [7, 11) is 0. The van der Waals surface area contributed by atoms with Gasteiger partial charge in [-0.25, -0.2) is 14.6 Å². The third kappa shape index (κ3) is 4.13. The Morgan fingerprint density at radius 3 is 2.00 bits per heavy atom. The summed E-state index contributed by atoms with van der Waals surface area (Å²) in [6, 6.07) is 25.8. The van der Waals surface area contributed by atoms with Crippen LogP contribution in [0, 0.1) is 0 Å². The van der Waals surface area contributed by atoms with E-state index < -0.39 is 23.9 Å². The lowest BCUT2D eigenvalue weighted by Gasteiger charge is -2.28. The molecule has 0 spiro atoms. The Labute approximate surface area is 234 Å². The average molecular weight is 546 g/mol. The highest BCUT2D eigenvalue weighted by molar-refractivity contribution is 6.21. The number of amides is 3. The second-order valence-electron chi connectivity index (χ2n) is 10.1. The fraction of sp³-hybridized carbons (Fsp3) is 0.156. The summed E-state index contributed by atoms with van der Waals surface area (Å²) in [6.45, 7) is 0.806. The van der Waals surface area contributed by atoms with Gasteiger partial charge >= 0.3 is 12.1 Å². The van der Waals surface area contributed by atoms with E-state index in [4.69, 9.17) is 9.57 Å². The van der Waals surface area contributed by atoms with Crippen molar-refractivity contribution in [1.82, 2.24) is 14.9 Å². The second kappa shape index (κ2) is 9.71. The van der Waals surface area contributed by atoms with Gasteiger partial charge in [0.2, 0.25) is 0 Å². The highest BCUT2D eigenvalue weighted by atomic mass is 16.7. The molecule has 0 saturated carbocycles. The lowest BCUT2D eigenvalue weighted by atomic mass is 9.98. The minimum absolute atomic E-state index is 0.0509. The maximum Gasteiger partial charge on any atom is 0.410 e. The molecule has 9 nitrogen and oxygen atoms in total. The Kier molecular flexibility index (Phi) is 5.85. The monoisotopic (exact) mass is 545 g/mol. The highest BCUT2D eigenvalue weighted by Crippen LogP contribution is 2.44. The average Bonchev–Trinajstić information content (AvgIpc) is 3.46. The largest absolute Gasteiger partial charge is 0.448 e. The number of hydrogen-bond acceptors (Lipinski definition) is 7. The molecule has 0 saturated heterocycles. The number of pyridine rings is 1. The van der Waals surface area contributed by atoms with E-state index in [9.17, 15) is 19.2 Å². The van der Waals surface area contributed by atoms with Gasteiger partial charge in [-0.1, -0.05) is 71.8 Å². The number of carbonyl (C=O) groups is 4. The molecule has 2 aliphatic heterocycles. The van der Waals surface area contributed by atoms with E-state index in [2.05, 4.69) is 29.2 Å². The smallest absolute Gasteiger partial charge is 0.410 e. The molecule has 3 aliphatic rings. The number of aromatic nitrogens is 1. The summed E-state index contributed by atoms with van der Waals surface area (Å²) in [5.74, 6) is -2.41. The van der Waals surface area contributed by atoms with Crippen LogP contribution in [0.5, 0.6) is 0 Å². The third-order valence-electron chi connectivity index (χ3n) is 7.79. The van der Waals surface area contributed by atoms with Gasteiger partial charge in [0.25, 0.3) is 11.8 Å². The number of benzene rings is 3. The van der Waals surface area contributed by atoms with Crippen LogP contribution in [0.1, 0.15) is 59.5 Å². The molecule has 1 aromatic heterocycles. The first-order chi connectivity index (χ1) is 20.0. The minimum Gasteiger partial charge on any atom is -0.448 e. The number of rotatable bonds is 4. The van der Waals surface area contributed by atoms with E-state index in [1.165, 1.54) is 18.2 Å². The number of fused-ring (bicyclic) bond motifs is 5. The van der Waals surface area contributed by atoms with Gasteiger partial charge in [0.05, 0.1) is 23.4 Å². The van der Waals surface area contributed by atoms with Crippen molar-refractivity contribution >= 4 is 23.9 Å². The highest BCUT2D eigenvalue weighted by Gasteiger charge is 2.39. The second-order valence-corrected chi connectivity index (χ2v) is 10.1. The maximum absolute atomic E-state index is 13.1. The van der Waals surface area contributed by atoms with Crippen molar-refractivity contribution in [3.8, 4) is 11.1 Å². The molecule has 0 N–H and O–H groups in total. The molecule has 0 fully saturated rings. The van der Waals surface area contributed by atoms with Crippen LogP contribution in [0.2, 0.25) is 0 Å². The van der Waals surface area contributed by atoms with E-state index in [-0.39, 0.29) is 35.9 Å². The number of nitrogens with zero attached hydrogens (tertiary/aromatic N) is 3. The van der Waals surface area contributed by atoms with Crippen molar-refractivity contribution in [3.05, 3.63) is 124 Å². The van der Waals surface area contributed by atoms with Gasteiger partial charge in [0.1, 0.15) is 6.61 Å². The van der Waals surface area contributed by atoms with Crippen molar-refractivity contribution in [3.63, 3.8) is 0 Å². The summed E-state index contributed by atoms with van der Waals surface area (Å²) >= 11 is 0. The van der Waals surface area contributed by atoms with Crippen molar-refractivity contribution in [2.75, 3.05) is 13.2 Å². The molecule has 0 atom stereocenters. The quantitative estimate of drug-likeness (QED) is 0.341. The molecule has 3 aromatic carbocycles. The topological polar surface area (TPSA) is 106 Å². The standard InChI is InChI=1S/C32H23N3O6/c36-29-24-11-5-6-12-25(24)30(37)35(29)41-31(38)27-14-13-19-15-16-34(17-28(19)33-27)32(39)40-18-26-22-9-3-1-7-20(22)21-8-2-4-10-23(21)26/h1-14,26H,15-18H2. The number of imide groups is 1. The number of hydroxylamine groups is 2. The molecular formula is C32H23N3O6. The molecule has 0 radical (unpaired) electrons. The predicted octanol–water partition coefficient (Wildman–Crippen LogP) is 4.76. The van der Waals surface area contributed by atoms with E-state index >= 15 is 0 Å². The van der Waals surface area contributed by atoms with E-state index in [0.29, 0.717) is 23.7 Å². The zero-order valence-corrected chi connectivity index (χ0v) is 21.8. The lowest BCUT2D eigenvalue weighted by Crippen LogP contribution is -2.38. The summed E-state index contributed by atoms with van der Waals surface area (Å²) in [5.41, 5.74) is 6.26. The number of hydrogen-bond donors (Lipinski definition) is 0. The molecule has 3 amide bonds. The molecule has 3 heterocycles. The molecule has 0 bridgehead atoms. The molecule has 0 unspecified atom stereocenters. The van der Waals surface area contributed by atoms with Crippen LogP contribution in [-0.2, 0) is 22.5 Å². The first kappa shape index (κ1) is 24.7. The van der Waals surface area contributed by atoms with Crippen molar-refractivity contribution in [1.29, 1.82) is 0 Å². The van der Waals surface area contributed by atoms with Gasteiger partial charge in [-0.2, -0.15) is 0 Å². The fourth-order valence-corrected chi connectivity index (χ4v) is 5.74. The van der Waals surface area contributed by atoms with Crippen molar-refractivity contribution in [2.45, 2.75) is 18.9 Å². The third-order valence-corrected chi connectivity index (χ3v) is 7.79. The summed E-state index contributed by atoms with van der Waals surface area (Å²) in [5, 5.41) is 0.455. The van der Waals surface area contributed by atoms with Crippen LogP contribution in [-0.4, -0.2) is 52.0 Å². The molecule has 41 heavy (non-hydrogen) atoms. The van der Waals surface area contributed by atoms with Crippen LogP contribution in [0.15, 0.2) is 84.9 Å². The number of ether oxygens (including phenoxy) is 1. The molecule has 202 valence electrons. The normalized spacial score (nSPS) is 15.2. The van der Waals surface area contributed by atoms with Gasteiger partial charge in [0, 0.05) is 12.5 Å². The van der Waals surface area contributed by atoms with Gasteiger partial charge in [0.15, 0.2) is 5.69 Å². The van der Waals surface area contributed by atoms with Crippen LogP contribution in [0.25, 0.3) is 11.1 Å². The molecular weight excluding hydrogens is 522 g/mol.